The Bertz CT molecular complexity index is 328. The summed E-state index contributed by atoms with van der Waals surface area (Å²) in [5.74, 6) is -0.487. The van der Waals surface area contributed by atoms with Gasteiger partial charge in [0.05, 0.1) is 12.8 Å². The molecule has 0 aromatic rings. The maximum absolute atomic E-state index is 11.8. The molecule has 0 aliphatic rings. The summed E-state index contributed by atoms with van der Waals surface area (Å²) >= 11 is 0. The summed E-state index contributed by atoms with van der Waals surface area (Å²) < 4.78 is 47.2. The Morgan fingerprint density at radius 2 is 1.81 bits per heavy atom. The van der Waals surface area contributed by atoms with Gasteiger partial charge in [-0.15, -0.1) is 0 Å². The van der Waals surface area contributed by atoms with Gasteiger partial charge in [0.15, 0.2) is 0 Å². The van der Waals surface area contributed by atoms with Crippen LogP contribution in [0, 0.1) is 0 Å². The molecule has 0 rings (SSSR count). The van der Waals surface area contributed by atoms with Crippen molar-refractivity contribution in [3.63, 3.8) is 0 Å². The van der Waals surface area contributed by atoms with Crippen LogP contribution >= 0.6 is 0 Å². The highest BCUT2D eigenvalue weighted by Gasteiger charge is 2.23. The molecule has 0 spiro atoms. The molecular formula is C9H17F2NO3S. The predicted octanol–water partition coefficient (Wildman–Crippen LogP) is 1.27. The highest BCUT2D eigenvalue weighted by atomic mass is 32.2. The van der Waals surface area contributed by atoms with E-state index in [2.05, 4.69) is 0 Å². The number of hydrogen-bond donors (Lipinski definition) is 0. The average Bonchev–Trinajstić information content (AvgIpc) is 2.08. The van der Waals surface area contributed by atoms with E-state index in [4.69, 9.17) is 0 Å². The lowest BCUT2D eigenvalue weighted by Crippen LogP contribution is -2.40. The molecule has 0 aliphatic heterocycles. The fraction of sp³-hybridized carbons (Fsp3) is 0.889. The van der Waals surface area contributed by atoms with Crippen LogP contribution in [0.1, 0.15) is 26.7 Å². The van der Waals surface area contributed by atoms with Gasteiger partial charge in [0.1, 0.15) is 5.78 Å². The molecule has 0 unspecified atom stereocenters. The van der Waals surface area contributed by atoms with Gasteiger partial charge in [0, 0.05) is 18.9 Å². The van der Waals surface area contributed by atoms with Crippen molar-refractivity contribution in [3.8, 4) is 0 Å². The van der Waals surface area contributed by atoms with Crippen molar-refractivity contribution in [1.82, 2.24) is 4.31 Å². The summed E-state index contributed by atoms with van der Waals surface area (Å²) in [5.41, 5.74) is 0. The highest BCUT2D eigenvalue weighted by molar-refractivity contribution is 7.88. The first-order valence-electron chi connectivity index (χ1n) is 4.91. The molecule has 0 fully saturated rings. The molecule has 0 atom stereocenters. The average molecular weight is 257 g/mol. The number of sulfonamides is 1. The molecule has 0 saturated carbocycles. The second-order valence-corrected chi connectivity index (χ2v) is 5.81. The van der Waals surface area contributed by atoms with Crippen LogP contribution in [-0.2, 0) is 14.8 Å². The Kier molecular flexibility index (Phi) is 6.02. The number of Topliss-reactive ketones (excluding diaryl/α,β-unsaturated/α-hetero) is 1. The van der Waals surface area contributed by atoms with E-state index in [0.717, 1.165) is 10.6 Å². The Morgan fingerprint density at radius 1 is 1.31 bits per heavy atom. The third kappa shape index (κ3) is 6.12. The summed E-state index contributed by atoms with van der Waals surface area (Å²) in [5, 5.41) is 0. The van der Waals surface area contributed by atoms with Crippen molar-refractivity contribution in [2.75, 3.05) is 12.8 Å². The largest absolute Gasteiger partial charge is 0.298 e. The van der Waals surface area contributed by atoms with E-state index in [0.29, 0.717) is 0 Å². The topological polar surface area (TPSA) is 54.5 Å². The Hall–Kier alpha value is -0.560. The molecule has 0 N–H and O–H groups in total. The lowest BCUT2D eigenvalue weighted by atomic mass is 10.2. The van der Waals surface area contributed by atoms with Gasteiger partial charge in [0.2, 0.25) is 16.4 Å². The summed E-state index contributed by atoms with van der Waals surface area (Å²) in [6, 6.07) is -0.356. The normalized spacial score (nSPS) is 12.8. The number of rotatable bonds is 7. The van der Waals surface area contributed by atoms with Crippen LogP contribution in [0.4, 0.5) is 8.78 Å². The zero-order valence-electron chi connectivity index (χ0n) is 9.61. The first-order valence-corrected chi connectivity index (χ1v) is 6.76. The van der Waals surface area contributed by atoms with Crippen LogP contribution in [0.25, 0.3) is 0 Å². The number of alkyl halides is 2. The molecule has 0 radical (unpaired) electrons. The Balaban J connectivity index is 4.38. The number of hydrogen-bond acceptors (Lipinski definition) is 3. The van der Waals surface area contributed by atoms with Gasteiger partial charge in [-0.1, -0.05) is 0 Å². The molecule has 0 aliphatic carbocycles. The van der Waals surface area contributed by atoms with Crippen LogP contribution in [0.5, 0.6) is 0 Å². The van der Waals surface area contributed by atoms with E-state index in [9.17, 15) is 22.0 Å². The van der Waals surface area contributed by atoms with Crippen LogP contribution < -0.4 is 0 Å². The quantitative estimate of drug-likeness (QED) is 0.690. The van der Waals surface area contributed by atoms with Gasteiger partial charge in [-0.3, -0.25) is 4.79 Å². The number of halogens is 2. The molecule has 0 aromatic carbocycles. The van der Waals surface area contributed by atoms with E-state index < -0.39 is 28.7 Å². The monoisotopic (exact) mass is 257 g/mol. The highest BCUT2D eigenvalue weighted by Crippen LogP contribution is 2.08. The molecule has 4 nitrogen and oxygen atoms in total. The number of nitrogens with zero attached hydrogens (tertiary/aromatic N) is 1. The predicted molar refractivity (Wildman–Crippen MR) is 56.9 cm³/mol. The number of carbonyl (C=O) groups excluding carboxylic acids is 1. The van der Waals surface area contributed by atoms with Gasteiger partial charge < -0.3 is 0 Å². The zero-order valence-corrected chi connectivity index (χ0v) is 10.4. The first-order chi connectivity index (χ1) is 7.14. The van der Waals surface area contributed by atoms with E-state index in [1.807, 2.05) is 0 Å². The third-order valence-electron chi connectivity index (χ3n) is 1.98. The molecule has 96 valence electrons. The maximum Gasteiger partial charge on any atom is 0.239 e. The minimum absolute atomic E-state index is 0.295. The Labute approximate surface area is 94.7 Å². The zero-order chi connectivity index (χ0) is 12.9. The van der Waals surface area contributed by atoms with Gasteiger partial charge in [0.25, 0.3) is 0 Å². The van der Waals surface area contributed by atoms with Gasteiger partial charge in [-0.2, -0.15) is 4.31 Å². The third-order valence-corrected chi connectivity index (χ3v) is 3.38. The lowest BCUT2D eigenvalue weighted by molar-refractivity contribution is -0.120. The molecule has 0 saturated heterocycles. The van der Waals surface area contributed by atoms with Crippen molar-refractivity contribution >= 4 is 15.8 Å². The Morgan fingerprint density at radius 3 is 2.12 bits per heavy atom. The van der Waals surface area contributed by atoms with Crippen molar-refractivity contribution in [1.29, 1.82) is 0 Å². The van der Waals surface area contributed by atoms with Crippen molar-refractivity contribution < 1.29 is 22.0 Å². The van der Waals surface area contributed by atoms with Crippen molar-refractivity contribution in [2.24, 2.45) is 0 Å². The molecular weight excluding hydrogens is 240 g/mol. The van der Waals surface area contributed by atoms with E-state index in [1.165, 1.54) is 0 Å². The van der Waals surface area contributed by atoms with E-state index in [1.54, 1.807) is 13.8 Å². The van der Waals surface area contributed by atoms with Crippen molar-refractivity contribution in [2.45, 2.75) is 39.2 Å². The van der Waals surface area contributed by atoms with Gasteiger partial charge >= 0.3 is 0 Å². The second-order valence-electron chi connectivity index (χ2n) is 3.87. The standard InChI is InChI=1S/C9H17F2NO3S/c1-7(2)12(16(3,14)15)6-8(13)4-5-9(10)11/h7,9H,4-6H2,1-3H3. The van der Waals surface area contributed by atoms with Gasteiger partial charge in [-0.05, 0) is 13.8 Å². The van der Waals surface area contributed by atoms with Crippen molar-refractivity contribution in [3.05, 3.63) is 0 Å². The van der Waals surface area contributed by atoms with Crippen LogP contribution in [-0.4, -0.2) is 43.8 Å². The second kappa shape index (κ2) is 6.24. The summed E-state index contributed by atoms with van der Waals surface area (Å²) in [6.45, 7) is 2.92. The SMILES string of the molecule is CC(C)N(CC(=O)CCC(F)F)S(C)(=O)=O. The fourth-order valence-corrected chi connectivity index (χ4v) is 2.35. The summed E-state index contributed by atoms with van der Waals surface area (Å²) in [7, 11) is -3.47. The van der Waals surface area contributed by atoms with Gasteiger partial charge in [-0.25, -0.2) is 17.2 Å². The fourth-order valence-electron chi connectivity index (χ4n) is 1.21. The molecule has 0 aromatic heterocycles. The number of ketones is 1. The lowest BCUT2D eigenvalue weighted by Gasteiger charge is -2.22. The molecule has 16 heavy (non-hydrogen) atoms. The molecule has 7 heteroatoms. The molecule has 0 heterocycles. The molecule has 0 bridgehead atoms. The van der Waals surface area contributed by atoms with Crippen LogP contribution in [0.15, 0.2) is 0 Å². The molecule has 0 amide bonds. The smallest absolute Gasteiger partial charge is 0.239 e. The van der Waals surface area contributed by atoms with E-state index in [-0.39, 0.29) is 19.0 Å². The first kappa shape index (κ1) is 15.4. The number of carbonyl (C=O) groups is 1. The van der Waals surface area contributed by atoms with E-state index >= 15 is 0 Å². The maximum atomic E-state index is 11.8. The summed E-state index contributed by atoms with van der Waals surface area (Å²) in [4.78, 5) is 11.3. The minimum Gasteiger partial charge on any atom is -0.298 e. The van der Waals surface area contributed by atoms with Crippen LogP contribution in [0.3, 0.4) is 0 Å². The minimum atomic E-state index is -3.47. The van der Waals surface area contributed by atoms with Crippen LogP contribution in [0.2, 0.25) is 0 Å². The summed E-state index contributed by atoms with van der Waals surface area (Å²) in [6.07, 6.45) is -2.35.